The molecule has 0 fully saturated rings. The summed E-state index contributed by atoms with van der Waals surface area (Å²) in [4.78, 5) is 18.8. The van der Waals surface area contributed by atoms with Crippen molar-refractivity contribution in [2.24, 2.45) is 0 Å². The molecule has 0 spiro atoms. The Labute approximate surface area is 236 Å². The first-order valence-corrected chi connectivity index (χ1v) is 16.4. The van der Waals surface area contributed by atoms with Gasteiger partial charge in [-0.15, -0.1) is 0 Å². The van der Waals surface area contributed by atoms with E-state index in [2.05, 4.69) is 76.6 Å². The summed E-state index contributed by atoms with van der Waals surface area (Å²) in [6.07, 6.45) is 4.54. The molecule has 194 valence electrons. The second kappa shape index (κ2) is 15.1. The molecule has 1 aliphatic rings. The molecule has 0 aliphatic carbocycles. The molecule has 0 N–H and O–H groups in total. The Balaban J connectivity index is 0.000000949. The minimum Gasteiger partial charge on any atom is -0.444 e. The fraction of sp³-hybridized carbons (Fsp3) is 0.481. The number of amides is 1. The smallest absolute Gasteiger partial charge is 0.410 e. The van der Waals surface area contributed by atoms with Crippen LogP contribution in [0.3, 0.4) is 0 Å². The van der Waals surface area contributed by atoms with E-state index in [1.807, 2.05) is 68.5 Å². The summed E-state index contributed by atoms with van der Waals surface area (Å²) < 4.78 is 8.58. The van der Waals surface area contributed by atoms with Crippen LogP contribution in [0.1, 0.15) is 73.4 Å². The first-order chi connectivity index (χ1) is 16.7. The number of benzene rings is 1. The molecule has 35 heavy (non-hydrogen) atoms. The number of rotatable bonds is 2. The van der Waals surface area contributed by atoms with Gasteiger partial charge in [-0.1, -0.05) is 59.7 Å². The van der Waals surface area contributed by atoms with Crippen molar-refractivity contribution >= 4 is 63.4 Å². The number of fused-ring (bicyclic) bond motifs is 2. The van der Waals surface area contributed by atoms with E-state index >= 15 is 0 Å². The zero-order valence-corrected chi connectivity index (χ0v) is 27.0. The number of hydrogen-bond acceptors (Lipinski definition) is 4. The number of aromatic nitrogens is 2. The molecule has 0 unspecified atom stereocenters. The van der Waals surface area contributed by atoms with Gasteiger partial charge in [0.15, 0.2) is 5.65 Å². The van der Waals surface area contributed by atoms with E-state index in [-0.39, 0.29) is 6.09 Å². The summed E-state index contributed by atoms with van der Waals surface area (Å²) in [6.45, 7) is 18.9. The number of halogens is 2. The third-order valence-electron chi connectivity index (χ3n) is 4.83. The van der Waals surface area contributed by atoms with Gasteiger partial charge in [0.1, 0.15) is 5.60 Å². The van der Waals surface area contributed by atoms with Crippen molar-refractivity contribution < 1.29 is 9.53 Å². The van der Waals surface area contributed by atoms with Crippen molar-refractivity contribution in [3.8, 4) is 11.1 Å². The summed E-state index contributed by atoms with van der Waals surface area (Å²) in [7, 11) is 1.61. The maximum absolute atomic E-state index is 12.4. The van der Waals surface area contributed by atoms with Crippen molar-refractivity contribution in [1.82, 2.24) is 13.9 Å². The van der Waals surface area contributed by atoms with Crippen molar-refractivity contribution in [3.05, 3.63) is 52.3 Å². The van der Waals surface area contributed by atoms with Crippen LogP contribution in [0.2, 0.25) is 0 Å². The van der Waals surface area contributed by atoms with Crippen LogP contribution in [-0.4, -0.2) is 32.1 Å². The number of pyridine rings is 1. The molecule has 0 atom stereocenters. The van der Waals surface area contributed by atoms with E-state index in [9.17, 15) is 4.79 Å². The van der Waals surface area contributed by atoms with E-state index in [1.165, 1.54) is 16.7 Å². The van der Waals surface area contributed by atoms with E-state index in [0.717, 1.165) is 27.5 Å². The predicted molar refractivity (Wildman–Crippen MR) is 164 cm³/mol. The molecular weight excluding hydrogens is 637 g/mol. The Bertz CT molecular complexity index is 1100. The first-order valence-electron chi connectivity index (χ1n) is 12.3. The van der Waals surface area contributed by atoms with Gasteiger partial charge in [0.05, 0.1) is 0 Å². The molecule has 5 nitrogen and oxygen atoms in total. The summed E-state index contributed by atoms with van der Waals surface area (Å²) in [5, 5.41) is 1.12. The Morgan fingerprint density at radius 1 is 1.09 bits per heavy atom. The lowest BCUT2D eigenvalue weighted by atomic mass is 9.95. The van der Waals surface area contributed by atoms with Gasteiger partial charge in [-0.05, 0) is 65.9 Å². The lowest BCUT2D eigenvalue weighted by Gasteiger charge is -2.31. The van der Waals surface area contributed by atoms with Gasteiger partial charge >= 0.3 is 6.09 Å². The average Bonchev–Trinajstić information content (AvgIpc) is 3.23. The van der Waals surface area contributed by atoms with Crippen molar-refractivity contribution in [3.63, 3.8) is 0 Å². The van der Waals surface area contributed by atoms with Gasteiger partial charge < -0.3 is 9.64 Å². The summed E-state index contributed by atoms with van der Waals surface area (Å²) in [5.41, 5.74) is 5.27. The molecule has 3 heterocycles. The van der Waals surface area contributed by atoms with Gasteiger partial charge in [-0.3, -0.25) is 3.97 Å². The highest BCUT2D eigenvalue weighted by molar-refractivity contribution is 14.2. The Kier molecular flexibility index (Phi) is 13.7. The number of nitrogens with zero attached hydrogens (tertiary/aromatic N) is 3. The minimum absolute atomic E-state index is 0.245. The van der Waals surface area contributed by atoms with Gasteiger partial charge in [-0.25, -0.2) is 9.78 Å². The minimum atomic E-state index is -0.478. The Morgan fingerprint density at radius 3 is 2.34 bits per heavy atom. The van der Waals surface area contributed by atoms with E-state index < -0.39 is 5.60 Å². The van der Waals surface area contributed by atoms with Crippen molar-refractivity contribution in [2.75, 3.05) is 6.54 Å². The molecular formula is C27H39BrIN3O2S. The van der Waals surface area contributed by atoms with Gasteiger partial charge in [0.2, 0.25) is 0 Å². The van der Waals surface area contributed by atoms with Crippen LogP contribution in [0, 0.1) is 0 Å². The number of ether oxygens (including phenoxy) is 1. The van der Waals surface area contributed by atoms with E-state index in [1.54, 1.807) is 14.0 Å². The molecule has 2 aromatic heterocycles. The van der Waals surface area contributed by atoms with Crippen molar-refractivity contribution in [1.29, 1.82) is 0 Å². The van der Waals surface area contributed by atoms with E-state index in [4.69, 9.17) is 4.74 Å². The monoisotopic (exact) mass is 675 g/mol. The molecule has 0 saturated heterocycles. The van der Waals surface area contributed by atoms with E-state index in [0.29, 0.717) is 13.1 Å². The lowest BCUT2D eigenvalue weighted by Crippen LogP contribution is -2.39. The summed E-state index contributed by atoms with van der Waals surface area (Å²) in [5.74, 6) is 0. The standard InChI is InChI=1S/C21H21BrIN3O2S.3C2H6/c1-21(2,3)28-20(27)25-7-6-13-8-14(4-5-15(13)11-25)18-12-26(29-23)19-17(18)9-16(22)10-24-19;3*1-2/h4-5,8-10,12H,6-7,11H2,1-3H3;3*1-2H3. The van der Waals surface area contributed by atoms with Crippen LogP contribution in [0.25, 0.3) is 22.2 Å². The molecule has 4 rings (SSSR count). The highest BCUT2D eigenvalue weighted by Crippen LogP contribution is 2.36. The lowest BCUT2D eigenvalue weighted by molar-refractivity contribution is 0.0224. The van der Waals surface area contributed by atoms with Crippen LogP contribution in [0.5, 0.6) is 0 Å². The van der Waals surface area contributed by atoms with Crippen LogP contribution < -0.4 is 0 Å². The first kappa shape index (κ1) is 31.8. The van der Waals surface area contributed by atoms with Crippen LogP contribution in [0.4, 0.5) is 4.79 Å². The topological polar surface area (TPSA) is 47.4 Å². The highest BCUT2D eigenvalue weighted by Gasteiger charge is 2.26. The zero-order valence-electron chi connectivity index (χ0n) is 22.4. The molecule has 3 aromatic rings. The predicted octanol–water partition coefficient (Wildman–Crippen LogP) is 9.68. The fourth-order valence-electron chi connectivity index (χ4n) is 3.54. The second-order valence-electron chi connectivity index (χ2n) is 8.10. The zero-order chi connectivity index (χ0) is 26.8. The second-order valence-corrected chi connectivity index (χ2v) is 10.7. The molecule has 1 aromatic carbocycles. The van der Waals surface area contributed by atoms with Gasteiger partial charge in [-0.2, -0.15) is 0 Å². The molecule has 0 bridgehead atoms. The Hall–Kier alpha value is -1.26. The number of carbonyl (C=O) groups is 1. The van der Waals surface area contributed by atoms with Gasteiger partial charge in [0, 0.05) is 71.2 Å². The Morgan fingerprint density at radius 2 is 1.74 bits per heavy atom. The molecule has 8 heteroatoms. The van der Waals surface area contributed by atoms with Crippen LogP contribution >= 0.6 is 46.3 Å². The largest absolute Gasteiger partial charge is 0.444 e. The van der Waals surface area contributed by atoms with Crippen molar-refractivity contribution in [2.45, 2.75) is 80.9 Å². The molecule has 1 amide bonds. The number of hydrogen-bond donors (Lipinski definition) is 0. The quantitative estimate of drug-likeness (QED) is 0.254. The summed E-state index contributed by atoms with van der Waals surface area (Å²) >= 11 is 5.81. The fourth-order valence-corrected chi connectivity index (χ4v) is 5.13. The third kappa shape index (κ3) is 8.39. The highest BCUT2D eigenvalue weighted by atomic mass is 127. The van der Waals surface area contributed by atoms with Crippen LogP contribution in [-0.2, 0) is 17.7 Å². The SMILES string of the molecule is CC.CC.CC.CC(C)(C)OC(=O)N1CCc2cc(-c3cn(SI)c4ncc(Br)cc34)ccc2C1. The van der Waals surface area contributed by atoms with Crippen LogP contribution in [0.15, 0.2) is 41.1 Å². The maximum atomic E-state index is 12.4. The normalized spacial score (nSPS) is 12.3. The summed E-state index contributed by atoms with van der Waals surface area (Å²) in [6, 6.07) is 8.63. The van der Waals surface area contributed by atoms with Gasteiger partial charge in [0.25, 0.3) is 0 Å². The molecule has 0 radical (unpaired) electrons. The number of carbonyl (C=O) groups excluding carboxylic acids is 1. The third-order valence-corrected chi connectivity index (χ3v) is 6.97. The molecule has 0 saturated carbocycles. The molecule has 1 aliphatic heterocycles. The average molecular weight is 677 g/mol. The maximum Gasteiger partial charge on any atom is 0.410 e.